The number of nitrogens with two attached hydrogens (primary N) is 1. The molecule has 2 amide bonds. The summed E-state index contributed by atoms with van der Waals surface area (Å²) in [5.74, 6) is 4.80. The van der Waals surface area contributed by atoms with E-state index in [0.29, 0.717) is 18.7 Å². The molecule has 1 heterocycles. The lowest BCUT2D eigenvalue weighted by molar-refractivity contribution is 0.0240. The summed E-state index contributed by atoms with van der Waals surface area (Å²) in [6, 6.07) is 7.23. The number of benzene rings is 1. The number of anilines is 1. The number of piperazine rings is 1. The average molecular weight is 350 g/mol. The van der Waals surface area contributed by atoms with Crippen LogP contribution in [-0.4, -0.2) is 48.7 Å². The Labute approximate surface area is 150 Å². The van der Waals surface area contributed by atoms with Gasteiger partial charge in [-0.1, -0.05) is 13.8 Å². The molecular weight excluding hydrogens is 320 g/mol. The van der Waals surface area contributed by atoms with E-state index in [9.17, 15) is 9.59 Å². The number of hydrogen-bond donors (Lipinski definition) is 2. The molecule has 0 bridgehead atoms. The van der Waals surface area contributed by atoms with E-state index in [2.05, 4.69) is 10.3 Å². The van der Waals surface area contributed by atoms with Crippen LogP contribution >= 0.6 is 0 Å². The van der Waals surface area contributed by atoms with Gasteiger partial charge in [-0.3, -0.25) is 10.2 Å². The Hall–Kier alpha value is -2.28. The fraction of sp³-hybridized carbons (Fsp3) is 0.556. The Morgan fingerprint density at radius 3 is 2.00 bits per heavy atom. The molecule has 2 rings (SSSR count). The van der Waals surface area contributed by atoms with Crippen molar-refractivity contribution in [3.63, 3.8) is 0 Å². The summed E-state index contributed by atoms with van der Waals surface area (Å²) in [5, 5.41) is 0. The SMILES string of the molecule is CC.CC(C)(C)OC(=O)N1CCN(c2ccc(C(=O)NN)cc2)CC1. The second kappa shape index (κ2) is 9.27. The van der Waals surface area contributed by atoms with E-state index in [1.54, 1.807) is 17.0 Å². The molecule has 1 saturated heterocycles. The molecule has 3 N–H and O–H groups in total. The smallest absolute Gasteiger partial charge is 0.410 e. The van der Waals surface area contributed by atoms with E-state index in [1.165, 1.54) is 0 Å². The molecule has 1 aromatic carbocycles. The van der Waals surface area contributed by atoms with Gasteiger partial charge in [0.05, 0.1) is 0 Å². The number of nitrogen functional groups attached to an aromatic ring is 1. The van der Waals surface area contributed by atoms with Gasteiger partial charge in [0.1, 0.15) is 5.60 Å². The number of nitrogens with one attached hydrogen (secondary N) is 1. The monoisotopic (exact) mass is 350 g/mol. The van der Waals surface area contributed by atoms with Crippen molar-refractivity contribution in [2.24, 2.45) is 5.84 Å². The number of rotatable bonds is 2. The van der Waals surface area contributed by atoms with Gasteiger partial charge >= 0.3 is 6.09 Å². The first-order chi connectivity index (χ1) is 11.8. The minimum atomic E-state index is -0.479. The van der Waals surface area contributed by atoms with E-state index in [1.807, 2.05) is 46.8 Å². The third kappa shape index (κ3) is 6.26. The minimum Gasteiger partial charge on any atom is -0.444 e. The summed E-state index contributed by atoms with van der Waals surface area (Å²) < 4.78 is 5.38. The summed E-state index contributed by atoms with van der Waals surface area (Å²) in [7, 11) is 0. The van der Waals surface area contributed by atoms with Gasteiger partial charge in [-0.25, -0.2) is 10.6 Å². The van der Waals surface area contributed by atoms with Crippen LogP contribution < -0.4 is 16.2 Å². The van der Waals surface area contributed by atoms with Gasteiger partial charge in [0.25, 0.3) is 5.91 Å². The van der Waals surface area contributed by atoms with Crippen LogP contribution in [0.4, 0.5) is 10.5 Å². The number of hydrogen-bond acceptors (Lipinski definition) is 5. The predicted octanol–water partition coefficient (Wildman–Crippen LogP) is 2.37. The minimum absolute atomic E-state index is 0.271. The highest BCUT2D eigenvalue weighted by Gasteiger charge is 2.25. The maximum Gasteiger partial charge on any atom is 0.410 e. The van der Waals surface area contributed by atoms with Crippen LogP contribution in [0, 0.1) is 0 Å². The van der Waals surface area contributed by atoms with Crippen molar-refractivity contribution >= 4 is 17.7 Å². The highest BCUT2D eigenvalue weighted by Crippen LogP contribution is 2.18. The average Bonchev–Trinajstić information content (AvgIpc) is 2.61. The Bertz CT molecular complexity index is 559. The molecule has 1 aromatic rings. The fourth-order valence-corrected chi connectivity index (χ4v) is 2.38. The van der Waals surface area contributed by atoms with Gasteiger partial charge in [-0.05, 0) is 45.0 Å². The van der Waals surface area contributed by atoms with Crippen molar-refractivity contribution in [1.82, 2.24) is 10.3 Å². The van der Waals surface area contributed by atoms with Crippen LogP contribution in [0.3, 0.4) is 0 Å². The number of carbonyl (C=O) groups excluding carboxylic acids is 2. The van der Waals surface area contributed by atoms with Crippen LogP contribution in [-0.2, 0) is 4.74 Å². The number of nitrogens with zero attached hydrogens (tertiary/aromatic N) is 2. The molecule has 0 aromatic heterocycles. The van der Waals surface area contributed by atoms with Crippen molar-refractivity contribution in [2.75, 3.05) is 31.1 Å². The molecule has 140 valence electrons. The Morgan fingerprint density at radius 2 is 1.56 bits per heavy atom. The van der Waals surface area contributed by atoms with Gasteiger partial charge in [-0.15, -0.1) is 0 Å². The van der Waals surface area contributed by atoms with E-state index < -0.39 is 5.60 Å². The molecule has 1 fully saturated rings. The quantitative estimate of drug-likeness (QED) is 0.486. The Kier molecular flexibility index (Phi) is 7.70. The fourth-order valence-electron chi connectivity index (χ4n) is 2.38. The van der Waals surface area contributed by atoms with Gasteiger partial charge in [0.15, 0.2) is 0 Å². The molecule has 0 spiro atoms. The van der Waals surface area contributed by atoms with Crippen molar-refractivity contribution in [2.45, 2.75) is 40.2 Å². The standard InChI is InChI=1S/C16H24N4O3.C2H6/c1-16(2,3)23-15(22)20-10-8-19(9-11-20)13-6-4-12(5-7-13)14(21)18-17;1-2/h4-7H,8-11,17H2,1-3H3,(H,18,21);1-2H3. The first-order valence-electron chi connectivity index (χ1n) is 8.64. The molecule has 0 atom stereocenters. The lowest BCUT2D eigenvalue weighted by Crippen LogP contribution is -2.50. The summed E-state index contributed by atoms with van der Waals surface area (Å²) in [6.07, 6.45) is -0.271. The highest BCUT2D eigenvalue weighted by molar-refractivity contribution is 5.94. The third-order valence-electron chi connectivity index (χ3n) is 3.56. The molecule has 0 aliphatic carbocycles. The van der Waals surface area contributed by atoms with Crippen molar-refractivity contribution in [1.29, 1.82) is 0 Å². The normalized spacial score (nSPS) is 14.3. The molecular formula is C18H30N4O3. The maximum atomic E-state index is 12.0. The second-order valence-corrected chi connectivity index (χ2v) is 6.47. The zero-order valence-corrected chi connectivity index (χ0v) is 15.8. The van der Waals surface area contributed by atoms with Crippen LogP contribution in [0.5, 0.6) is 0 Å². The van der Waals surface area contributed by atoms with Crippen molar-refractivity contribution < 1.29 is 14.3 Å². The number of hydrazine groups is 1. The summed E-state index contributed by atoms with van der Waals surface area (Å²) in [4.78, 5) is 27.4. The summed E-state index contributed by atoms with van der Waals surface area (Å²) in [5.41, 5.74) is 3.16. The molecule has 0 unspecified atom stereocenters. The van der Waals surface area contributed by atoms with Gasteiger partial charge < -0.3 is 14.5 Å². The van der Waals surface area contributed by atoms with Gasteiger partial charge in [0.2, 0.25) is 0 Å². The topological polar surface area (TPSA) is 87.9 Å². The Morgan fingerprint density at radius 1 is 1.04 bits per heavy atom. The molecule has 7 heteroatoms. The highest BCUT2D eigenvalue weighted by atomic mass is 16.6. The van der Waals surface area contributed by atoms with E-state index in [-0.39, 0.29) is 12.0 Å². The van der Waals surface area contributed by atoms with E-state index in [0.717, 1.165) is 18.8 Å². The third-order valence-corrected chi connectivity index (χ3v) is 3.56. The van der Waals surface area contributed by atoms with Crippen LogP contribution in [0.15, 0.2) is 24.3 Å². The lowest BCUT2D eigenvalue weighted by atomic mass is 10.1. The van der Waals surface area contributed by atoms with E-state index >= 15 is 0 Å². The largest absolute Gasteiger partial charge is 0.444 e. The van der Waals surface area contributed by atoms with Crippen molar-refractivity contribution in [3.05, 3.63) is 29.8 Å². The van der Waals surface area contributed by atoms with Crippen molar-refractivity contribution in [3.8, 4) is 0 Å². The maximum absolute atomic E-state index is 12.0. The van der Waals surface area contributed by atoms with Gasteiger partial charge in [0, 0.05) is 37.4 Å². The zero-order chi connectivity index (χ0) is 19.0. The summed E-state index contributed by atoms with van der Waals surface area (Å²) in [6.45, 7) is 12.3. The molecule has 25 heavy (non-hydrogen) atoms. The first kappa shape index (κ1) is 20.8. The predicted molar refractivity (Wildman–Crippen MR) is 99.5 cm³/mol. The number of amides is 2. The Balaban J connectivity index is 0.00000151. The molecule has 7 nitrogen and oxygen atoms in total. The zero-order valence-electron chi connectivity index (χ0n) is 15.8. The molecule has 1 aliphatic heterocycles. The van der Waals surface area contributed by atoms with E-state index in [4.69, 9.17) is 10.6 Å². The van der Waals surface area contributed by atoms with Gasteiger partial charge in [-0.2, -0.15) is 0 Å². The van der Waals surface area contributed by atoms with Crippen LogP contribution in [0.25, 0.3) is 0 Å². The molecule has 0 saturated carbocycles. The first-order valence-corrected chi connectivity index (χ1v) is 8.64. The van der Waals surface area contributed by atoms with Crippen LogP contribution in [0.2, 0.25) is 0 Å². The number of ether oxygens (including phenoxy) is 1. The lowest BCUT2D eigenvalue weighted by Gasteiger charge is -2.36. The summed E-state index contributed by atoms with van der Waals surface area (Å²) >= 11 is 0. The molecule has 1 aliphatic rings. The van der Waals surface area contributed by atoms with Crippen LogP contribution in [0.1, 0.15) is 45.0 Å². The molecule has 0 radical (unpaired) electrons. The second-order valence-electron chi connectivity index (χ2n) is 6.47. The number of carbonyl (C=O) groups is 2.